The normalized spacial score (nSPS) is 27.2. The second kappa shape index (κ2) is 5.82. The molecule has 0 aromatic heterocycles. The average molecular weight is 292 g/mol. The standard InChI is InChI=1S/C17H28N2O2/c1-11(2)9-13-15(17(13,3)4)16(21)19(10-14(18)20)12-7-5-6-8-12/h9,12-13,15H,5-8,10H2,1-4H3,(H2,18,20)/t13-,15+/m0/s1. The van der Waals surface area contributed by atoms with Gasteiger partial charge in [-0.3, -0.25) is 9.59 Å². The summed E-state index contributed by atoms with van der Waals surface area (Å²) in [6, 6.07) is 0.203. The van der Waals surface area contributed by atoms with E-state index in [1.54, 1.807) is 4.90 Å². The highest BCUT2D eigenvalue weighted by Gasteiger charge is 2.61. The second-order valence-electron chi connectivity index (χ2n) is 7.44. The fraction of sp³-hybridized carbons (Fsp3) is 0.765. The number of nitrogens with zero attached hydrogens (tertiary/aromatic N) is 1. The van der Waals surface area contributed by atoms with Crippen LogP contribution in [0.5, 0.6) is 0 Å². The Labute approximate surface area is 127 Å². The lowest BCUT2D eigenvalue weighted by molar-refractivity contribution is -0.139. The number of primary amides is 1. The van der Waals surface area contributed by atoms with Gasteiger partial charge >= 0.3 is 0 Å². The van der Waals surface area contributed by atoms with Gasteiger partial charge < -0.3 is 10.6 Å². The van der Waals surface area contributed by atoms with Crippen molar-refractivity contribution in [3.8, 4) is 0 Å². The number of hydrogen-bond acceptors (Lipinski definition) is 2. The van der Waals surface area contributed by atoms with Crippen molar-refractivity contribution in [3.63, 3.8) is 0 Å². The van der Waals surface area contributed by atoms with E-state index in [9.17, 15) is 9.59 Å². The van der Waals surface area contributed by atoms with Crippen LogP contribution >= 0.6 is 0 Å². The minimum atomic E-state index is -0.410. The molecule has 2 amide bonds. The molecule has 0 radical (unpaired) electrons. The number of carbonyl (C=O) groups excluding carboxylic acids is 2. The number of amides is 2. The van der Waals surface area contributed by atoms with Crippen LogP contribution < -0.4 is 5.73 Å². The summed E-state index contributed by atoms with van der Waals surface area (Å²) in [5, 5.41) is 0. The van der Waals surface area contributed by atoms with E-state index in [1.807, 2.05) is 0 Å². The number of nitrogens with two attached hydrogens (primary N) is 1. The maximum absolute atomic E-state index is 12.9. The van der Waals surface area contributed by atoms with Crippen LogP contribution in [0.25, 0.3) is 0 Å². The zero-order valence-corrected chi connectivity index (χ0v) is 13.7. The Hall–Kier alpha value is -1.32. The molecule has 2 fully saturated rings. The zero-order valence-electron chi connectivity index (χ0n) is 13.7. The van der Waals surface area contributed by atoms with Crippen molar-refractivity contribution in [2.75, 3.05) is 6.54 Å². The van der Waals surface area contributed by atoms with Crippen LogP contribution in [0, 0.1) is 17.3 Å². The summed E-state index contributed by atoms with van der Waals surface area (Å²) >= 11 is 0. The average Bonchev–Trinajstić information content (AvgIpc) is 2.79. The van der Waals surface area contributed by atoms with Gasteiger partial charge in [-0.25, -0.2) is 0 Å². The highest BCUT2D eigenvalue weighted by Crippen LogP contribution is 2.60. The van der Waals surface area contributed by atoms with Gasteiger partial charge in [0, 0.05) is 6.04 Å². The fourth-order valence-electron chi connectivity index (χ4n) is 3.77. The first-order chi connectivity index (χ1) is 9.75. The monoisotopic (exact) mass is 292 g/mol. The Morgan fingerprint density at radius 2 is 1.81 bits per heavy atom. The van der Waals surface area contributed by atoms with E-state index in [0.717, 1.165) is 25.7 Å². The molecule has 118 valence electrons. The molecular weight excluding hydrogens is 264 g/mol. The first-order valence-corrected chi connectivity index (χ1v) is 7.99. The van der Waals surface area contributed by atoms with Crippen LogP contribution in [0.3, 0.4) is 0 Å². The molecule has 0 saturated heterocycles. The Morgan fingerprint density at radius 3 is 2.29 bits per heavy atom. The van der Waals surface area contributed by atoms with Crippen molar-refractivity contribution in [1.29, 1.82) is 0 Å². The van der Waals surface area contributed by atoms with Gasteiger partial charge in [0.05, 0.1) is 12.5 Å². The smallest absolute Gasteiger partial charge is 0.237 e. The Morgan fingerprint density at radius 1 is 1.24 bits per heavy atom. The third-order valence-electron chi connectivity index (χ3n) is 5.06. The molecule has 2 atom stereocenters. The fourth-order valence-corrected chi connectivity index (χ4v) is 3.77. The second-order valence-corrected chi connectivity index (χ2v) is 7.44. The predicted molar refractivity (Wildman–Crippen MR) is 83.4 cm³/mol. The summed E-state index contributed by atoms with van der Waals surface area (Å²) in [5.41, 5.74) is 6.59. The molecular formula is C17H28N2O2. The molecule has 0 aromatic rings. The topological polar surface area (TPSA) is 63.4 Å². The molecule has 0 heterocycles. The van der Waals surface area contributed by atoms with E-state index in [1.165, 1.54) is 5.57 Å². The van der Waals surface area contributed by atoms with E-state index in [2.05, 4.69) is 33.8 Å². The van der Waals surface area contributed by atoms with Gasteiger partial charge in [0.15, 0.2) is 0 Å². The summed E-state index contributed by atoms with van der Waals surface area (Å²) in [7, 11) is 0. The lowest BCUT2D eigenvalue weighted by atomic mass is 10.1. The molecule has 0 aliphatic heterocycles. The Balaban J connectivity index is 2.15. The van der Waals surface area contributed by atoms with Crippen molar-refractivity contribution >= 4 is 11.8 Å². The lowest BCUT2D eigenvalue weighted by Crippen LogP contribution is -2.45. The maximum Gasteiger partial charge on any atom is 0.237 e. The molecule has 2 N–H and O–H groups in total. The number of carbonyl (C=O) groups is 2. The molecule has 2 rings (SSSR count). The highest BCUT2D eigenvalue weighted by molar-refractivity contribution is 5.88. The molecule has 0 bridgehead atoms. The third kappa shape index (κ3) is 3.30. The molecule has 0 unspecified atom stereocenters. The van der Waals surface area contributed by atoms with Gasteiger partial charge in [-0.15, -0.1) is 0 Å². The quantitative estimate of drug-likeness (QED) is 0.791. The summed E-state index contributed by atoms with van der Waals surface area (Å²) in [4.78, 5) is 26.0. The molecule has 21 heavy (non-hydrogen) atoms. The summed E-state index contributed by atoms with van der Waals surface area (Å²) < 4.78 is 0. The largest absolute Gasteiger partial charge is 0.368 e. The molecule has 0 aromatic carbocycles. The molecule has 0 spiro atoms. The molecule has 2 aliphatic carbocycles. The van der Waals surface area contributed by atoms with E-state index >= 15 is 0 Å². The minimum absolute atomic E-state index is 0.00708. The zero-order chi connectivity index (χ0) is 15.8. The number of hydrogen-bond donors (Lipinski definition) is 1. The van der Waals surface area contributed by atoms with Crippen molar-refractivity contribution in [2.45, 2.75) is 59.4 Å². The lowest BCUT2D eigenvalue weighted by Gasteiger charge is -2.28. The summed E-state index contributed by atoms with van der Waals surface area (Å²) in [6.45, 7) is 8.47. The molecule has 4 nitrogen and oxygen atoms in total. The highest BCUT2D eigenvalue weighted by atomic mass is 16.2. The van der Waals surface area contributed by atoms with Crippen molar-refractivity contribution in [2.24, 2.45) is 23.0 Å². The van der Waals surface area contributed by atoms with Crippen LogP contribution in [-0.4, -0.2) is 29.3 Å². The molecule has 2 aliphatic rings. The SMILES string of the molecule is CC(C)=C[C@H]1[C@H](C(=O)N(CC(N)=O)C2CCCC2)C1(C)C. The first-order valence-electron chi connectivity index (χ1n) is 7.99. The van der Waals surface area contributed by atoms with E-state index in [0.29, 0.717) is 0 Å². The third-order valence-corrected chi connectivity index (χ3v) is 5.06. The van der Waals surface area contributed by atoms with Gasteiger partial charge in [-0.05, 0) is 38.0 Å². The van der Waals surface area contributed by atoms with E-state index in [4.69, 9.17) is 5.73 Å². The maximum atomic E-state index is 12.9. The van der Waals surface area contributed by atoms with Crippen LogP contribution in [0.4, 0.5) is 0 Å². The summed E-state index contributed by atoms with van der Waals surface area (Å²) in [6.07, 6.45) is 6.47. The number of rotatable bonds is 5. The molecule has 4 heteroatoms. The minimum Gasteiger partial charge on any atom is -0.368 e. The van der Waals surface area contributed by atoms with Crippen molar-refractivity contribution in [1.82, 2.24) is 4.90 Å². The van der Waals surface area contributed by atoms with Gasteiger partial charge in [0.2, 0.25) is 11.8 Å². The Bertz CT molecular complexity index is 457. The van der Waals surface area contributed by atoms with E-state index < -0.39 is 5.91 Å². The van der Waals surface area contributed by atoms with Crippen molar-refractivity contribution in [3.05, 3.63) is 11.6 Å². The van der Waals surface area contributed by atoms with E-state index in [-0.39, 0.29) is 35.7 Å². The first kappa shape index (κ1) is 16.1. The van der Waals surface area contributed by atoms with Crippen LogP contribution in [-0.2, 0) is 9.59 Å². The van der Waals surface area contributed by atoms with Gasteiger partial charge in [-0.2, -0.15) is 0 Å². The van der Waals surface area contributed by atoms with Gasteiger partial charge in [0.1, 0.15) is 0 Å². The van der Waals surface area contributed by atoms with Crippen LogP contribution in [0.2, 0.25) is 0 Å². The Kier molecular flexibility index (Phi) is 4.45. The van der Waals surface area contributed by atoms with Gasteiger partial charge in [0.25, 0.3) is 0 Å². The predicted octanol–water partition coefficient (Wildman–Crippen LogP) is 2.48. The number of allylic oxidation sites excluding steroid dienone is 2. The molecule has 2 saturated carbocycles. The van der Waals surface area contributed by atoms with Crippen LogP contribution in [0.15, 0.2) is 11.6 Å². The van der Waals surface area contributed by atoms with Gasteiger partial charge in [-0.1, -0.05) is 38.3 Å². The van der Waals surface area contributed by atoms with Crippen molar-refractivity contribution < 1.29 is 9.59 Å². The van der Waals surface area contributed by atoms with Crippen LogP contribution in [0.1, 0.15) is 53.4 Å². The summed E-state index contributed by atoms with van der Waals surface area (Å²) in [5.74, 6) is -0.0141.